The first-order valence-corrected chi connectivity index (χ1v) is 42.4. The number of aliphatic hydroxyl groups excluding tert-OH is 1. The van der Waals surface area contributed by atoms with Crippen LogP contribution in [0, 0.1) is 0 Å². The van der Waals surface area contributed by atoms with Crippen LogP contribution in [0.25, 0.3) is 0 Å². The molecule has 0 fully saturated rings. The van der Waals surface area contributed by atoms with Crippen molar-refractivity contribution in [3.05, 3.63) is 170 Å². The molecule has 5 atom stereocenters. The van der Waals surface area contributed by atoms with E-state index in [2.05, 4.69) is 155 Å². The van der Waals surface area contributed by atoms with E-state index in [-0.39, 0.29) is 25.7 Å². The fraction of sp³-hybridized carbons (Fsp3) is 0.624. The summed E-state index contributed by atoms with van der Waals surface area (Å²) >= 11 is 0. The van der Waals surface area contributed by atoms with Gasteiger partial charge in [-0.05, 0) is 148 Å². The predicted octanol–water partition coefficient (Wildman–Crippen LogP) is 23.0. The number of esters is 4. The zero-order valence-corrected chi connectivity index (χ0v) is 66.2. The van der Waals surface area contributed by atoms with Crippen molar-refractivity contribution < 1.29 is 80.2 Å². The van der Waals surface area contributed by atoms with Crippen molar-refractivity contribution >= 4 is 39.5 Å². The molecule has 0 saturated carbocycles. The quantitative estimate of drug-likeness (QED) is 0.0169. The number of allylic oxidation sites excluding steroid dienone is 27. The Hall–Kier alpha value is -5.58. The summed E-state index contributed by atoms with van der Waals surface area (Å²) in [5.41, 5.74) is 0. The summed E-state index contributed by atoms with van der Waals surface area (Å²) in [4.78, 5) is 72.9. The van der Waals surface area contributed by atoms with Gasteiger partial charge in [0.25, 0.3) is 0 Å². The van der Waals surface area contributed by atoms with Crippen LogP contribution in [0.5, 0.6) is 0 Å². The Morgan fingerprint density at radius 3 is 0.923 bits per heavy atom. The molecule has 590 valence electrons. The van der Waals surface area contributed by atoms with Crippen LogP contribution in [0.2, 0.25) is 0 Å². The van der Waals surface area contributed by atoms with Crippen LogP contribution in [-0.4, -0.2) is 96.7 Å². The van der Waals surface area contributed by atoms with E-state index >= 15 is 0 Å². The highest BCUT2D eigenvalue weighted by Gasteiger charge is 2.30. The Kier molecular flexibility index (Phi) is 71.6. The van der Waals surface area contributed by atoms with Crippen LogP contribution in [0.3, 0.4) is 0 Å². The second kappa shape index (κ2) is 75.6. The van der Waals surface area contributed by atoms with Crippen molar-refractivity contribution in [1.82, 2.24) is 0 Å². The molecule has 0 aromatic heterocycles. The molecule has 3 N–H and O–H groups in total. The lowest BCUT2D eigenvalue weighted by Gasteiger charge is -2.21. The molecule has 104 heavy (non-hydrogen) atoms. The van der Waals surface area contributed by atoms with E-state index in [9.17, 15) is 43.2 Å². The van der Waals surface area contributed by atoms with Crippen molar-refractivity contribution in [3.8, 4) is 0 Å². The third-order valence-electron chi connectivity index (χ3n) is 15.7. The van der Waals surface area contributed by atoms with Crippen molar-refractivity contribution in [2.45, 2.75) is 303 Å². The van der Waals surface area contributed by atoms with Crippen LogP contribution in [0.4, 0.5) is 0 Å². The molecule has 0 amide bonds. The first kappa shape index (κ1) is 98.4. The Morgan fingerprint density at radius 2 is 0.558 bits per heavy atom. The van der Waals surface area contributed by atoms with Gasteiger partial charge in [-0.2, -0.15) is 0 Å². The summed E-state index contributed by atoms with van der Waals surface area (Å²) in [6.07, 6.45) is 89.5. The molecule has 0 spiro atoms. The summed E-state index contributed by atoms with van der Waals surface area (Å²) < 4.78 is 68.3. The number of carbonyl (C=O) groups excluding carboxylic acids is 4. The van der Waals surface area contributed by atoms with Crippen molar-refractivity contribution in [1.29, 1.82) is 0 Å². The standard InChI is InChI=1S/C85H138O17P2/c1-5-9-13-17-21-25-29-33-37-38-39-40-44-46-50-54-58-62-66-70-83(88)96-76-81(102-85(90)72-68-64-60-56-52-48-43-36-32-28-24-20-16-12-8-4)78-100-104(93,94)98-74-79(86)73-97-103(91,92)99-77-80(101-84(89)71-67-63-59-55-51-47-42-35-31-27-23-19-15-11-7-3)75-95-82(87)69-65-61-57-53-49-45-41-34-30-26-22-18-14-10-6-2/h9-10,13-14,21-23,25-27,33-37,39-43,46,49-50,53,58,61-62,65,79-81,86H,5-8,11-12,15-20,24,28-32,38,44-45,47-48,51-52,54-57,59-60,63-64,66-78H2,1-4H3,(H,91,92)(H,93,94)/b13-9-,14-10-,25-21-,26-22-,27-23-,37-33-,40-39-,41-34-,42-35-,43-36-,50-46-,53-49-,62-58-,65-61-. The van der Waals surface area contributed by atoms with Crippen molar-refractivity contribution in [3.63, 3.8) is 0 Å². The van der Waals surface area contributed by atoms with Gasteiger partial charge in [0.1, 0.15) is 19.3 Å². The smallest absolute Gasteiger partial charge is 0.462 e. The molecule has 19 heteroatoms. The monoisotopic (exact) mass is 1490 g/mol. The first-order chi connectivity index (χ1) is 50.7. The maximum absolute atomic E-state index is 13.1. The van der Waals surface area contributed by atoms with Gasteiger partial charge in [0.05, 0.1) is 32.8 Å². The maximum Gasteiger partial charge on any atom is 0.472 e. The molecule has 0 aromatic rings. The summed E-state index contributed by atoms with van der Waals surface area (Å²) in [6.45, 7) is 4.37. The normalized spacial score (nSPS) is 14.8. The molecule has 0 saturated heterocycles. The van der Waals surface area contributed by atoms with Gasteiger partial charge in [-0.1, -0.05) is 281 Å². The highest BCUT2D eigenvalue weighted by Crippen LogP contribution is 2.45. The van der Waals surface area contributed by atoms with E-state index in [4.69, 9.17) is 37.0 Å². The van der Waals surface area contributed by atoms with Crippen LogP contribution < -0.4 is 0 Å². The number of aliphatic hydroxyl groups is 1. The Balaban J connectivity index is 5.52. The molecule has 5 unspecified atom stereocenters. The van der Waals surface area contributed by atoms with Gasteiger partial charge in [-0.3, -0.25) is 37.3 Å². The maximum atomic E-state index is 13.1. The minimum atomic E-state index is -5.01. The average molecular weight is 1490 g/mol. The number of rotatable bonds is 72. The van der Waals surface area contributed by atoms with E-state index in [1.165, 1.54) is 57.8 Å². The van der Waals surface area contributed by atoms with Crippen molar-refractivity contribution in [2.75, 3.05) is 39.6 Å². The summed E-state index contributed by atoms with van der Waals surface area (Å²) in [7, 11) is -10.0. The van der Waals surface area contributed by atoms with Crippen LogP contribution in [-0.2, 0) is 65.4 Å². The number of phosphoric ester groups is 2. The molecule has 0 aliphatic carbocycles. The van der Waals surface area contributed by atoms with Gasteiger partial charge >= 0.3 is 39.5 Å². The van der Waals surface area contributed by atoms with E-state index in [0.717, 1.165) is 141 Å². The summed E-state index contributed by atoms with van der Waals surface area (Å²) in [5, 5.41) is 10.6. The third-order valence-corrected chi connectivity index (χ3v) is 17.6. The lowest BCUT2D eigenvalue weighted by Crippen LogP contribution is -2.30. The number of carbonyl (C=O) groups is 4. The highest BCUT2D eigenvalue weighted by molar-refractivity contribution is 7.47. The average Bonchev–Trinajstić information content (AvgIpc) is 0.918. The van der Waals surface area contributed by atoms with E-state index in [1.807, 2.05) is 36.5 Å². The van der Waals surface area contributed by atoms with Gasteiger partial charge < -0.3 is 33.8 Å². The molecule has 0 aliphatic rings. The van der Waals surface area contributed by atoms with Gasteiger partial charge in [0.15, 0.2) is 12.2 Å². The number of unbranched alkanes of at least 4 members (excludes halogenated alkanes) is 19. The molecule has 0 rings (SSSR count). The number of hydrogen-bond acceptors (Lipinski definition) is 15. The SMILES string of the molecule is CC/C=C\C/C=C\C/C=C\C/C=C\C/C=C\C/C=C\CCC(=O)OCC(COP(=O)(O)OCC(O)COP(=O)(O)OCC(COC(=O)C/C=C\C/C=C\C/C=C\C/C=C\C/C=C\CC)OC(=O)CCCCCCC/C=C\C/C=C\CCCCC)OC(=O)CCCCCCC/C=C\CCCCCCCC. The van der Waals surface area contributed by atoms with Gasteiger partial charge in [-0.15, -0.1) is 0 Å². The van der Waals surface area contributed by atoms with Gasteiger partial charge in [0.2, 0.25) is 0 Å². The van der Waals surface area contributed by atoms with E-state index < -0.39 is 97.5 Å². The van der Waals surface area contributed by atoms with Crippen LogP contribution >= 0.6 is 15.6 Å². The Bertz CT molecular complexity index is 2640. The molecule has 0 heterocycles. The first-order valence-electron chi connectivity index (χ1n) is 39.4. The van der Waals surface area contributed by atoms with E-state index in [1.54, 1.807) is 6.08 Å². The highest BCUT2D eigenvalue weighted by atomic mass is 31.2. The number of ether oxygens (including phenoxy) is 4. The second-order valence-electron chi connectivity index (χ2n) is 25.5. The molecule has 0 radical (unpaired) electrons. The minimum absolute atomic E-state index is 0.0274. The molecule has 0 aliphatic heterocycles. The zero-order chi connectivity index (χ0) is 76.0. The van der Waals surface area contributed by atoms with Gasteiger partial charge in [0, 0.05) is 19.3 Å². The summed E-state index contributed by atoms with van der Waals surface area (Å²) in [5.74, 6) is -2.46. The lowest BCUT2D eigenvalue weighted by molar-refractivity contribution is -0.161. The van der Waals surface area contributed by atoms with Crippen molar-refractivity contribution in [2.24, 2.45) is 0 Å². The van der Waals surface area contributed by atoms with Crippen LogP contribution in [0.15, 0.2) is 170 Å². The largest absolute Gasteiger partial charge is 0.472 e. The molecule has 0 aromatic carbocycles. The topological polar surface area (TPSA) is 237 Å². The lowest BCUT2D eigenvalue weighted by atomic mass is 10.1. The predicted molar refractivity (Wildman–Crippen MR) is 426 cm³/mol. The van der Waals surface area contributed by atoms with Gasteiger partial charge in [-0.25, -0.2) is 9.13 Å². The fourth-order valence-electron chi connectivity index (χ4n) is 9.75. The third kappa shape index (κ3) is 74.7. The van der Waals surface area contributed by atoms with E-state index in [0.29, 0.717) is 32.1 Å². The second-order valence-corrected chi connectivity index (χ2v) is 28.5. The number of phosphoric acid groups is 2. The minimum Gasteiger partial charge on any atom is -0.462 e. The fourth-order valence-corrected chi connectivity index (χ4v) is 11.3. The molecular weight excluding hydrogens is 1350 g/mol. The Labute approximate surface area is 629 Å². The zero-order valence-electron chi connectivity index (χ0n) is 64.4. The number of hydrogen-bond donors (Lipinski definition) is 3. The Morgan fingerprint density at radius 1 is 0.288 bits per heavy atom. The molecule has 17 nitrogen and oxygen atoms in total. The van der Waals surface area contributed by atoms with Crippen LogP contribution in [0.1, 0.15) is 285 Å². The molecule has 0 bridgehead atoms. The molecular formula is C85H138O17P2. The summed E-state index contributed by atoms with van der Waals surface area (Å²) in [6, 6.07) is 0.